The van der Waals surface area contributed by atoms with Crippen molar-refractivity contribution in [1.29, 1.82) is 10.7 Å². The van der Waals surface area contributed by atoms with E-state index in [1.165, 1.54) is 4.90 Å². The minimum absolute atomic E-state index is 0.117. The number of likely N-dealkylation sites (tertiary alicyclic amines) is 1. The molecular weight excluding hydrogens is 126 g/mol. The van der Waals surface area contributed by atoms with Crippen molar-refractivity contribution in [2.75, 3.05) is 20.1 Å². The van der Waals surface area contributed by atoms with Crippen molar-refractivity contribution in [3.8, 4) is 6.07 Å². The van der Waals surface area contributed by atoms with Gasteiger partial charge in [-0.2, -0.15) is 5.26 Å². The summed E-state index contributed by atoms with van der Waals surface area (Å²) in [6, 6.07) is 2.14. The molecule has 10 heavy (non-hydrogen) atoms. The highest BCUT2D eigenvalue weighted by atomic mass is 15.1. The Bertz CT molecular complexity index is 180. The monoisotopic (exact) mass is 138 g/mol. The van der Waals surface area contributed by atoms with E-state index < -0.39 is 0 Å². The van der Waals surface area contributed by atoms with Crippen LogP contribution >= 0.6 is 0 Å². The molecule has 0 saturated carbocycles. The second-order valence-corrected chi connectivity index (χ2v) is 2.87. The van der Waals surface area contributed by atoms with Gasteiger partial charge < -0.3 is 10.3 Å². The fourth-order valence-corrected chi connectivity index (χ4v) is 1.22. The zero-order valence-corrected chi connectivity index (χ0v) is 6.15. The SMILES string of the molecule is C[NH+]1CCC(=N)C(C#N)C1. The molecule has 0 aromatic rings. The standard InChI is InChI=1S/C7H11N3/c1-10-3-2-7(9)6(4-8)5-10/h6,9H,2-3,5H2,1H3/p+1. The maximum Gasteiger partial charge on any atom is 0.133 e. The Hall–Kier alpha value is -0.880. The third kappa shape index (κ3) is 1.34. The lowest BCUT2D eigenvalue weighted by Gasteiger charge is -2.23. The maximum absolute atomic E-state index is 8.58. The van der Waals surface area contributed by atoms with Crippen LogP contribution in [-0.2, 0) is 0 Å². The van der Waals surface area contributed by atoms with E-state index >= 15 is 0 Å². The van der Waals surface area contributed by atoms with Crippen LogP contribution in [0.5, 0.6) is 0 Å². The van der Waals surface area contributed by atoms with Gasteiger partial charge in [0, 0.05) is 12.1 Å². The van der Waals surface area contributed by atoms with Crippen LogP contribution in [0.15, 0.2) is 0 Å². The molecule has 54 valence electrons. The Kier molecular flexibility index (Phi) is 2.03. The van der Waals surface area contributed by atoms with Gasteiger partial charge in [0.25, 0.3) is 0 Å². The minimum atomic E-state index is -0.117. The van der Waals surface area contributed by atoms with Gasteiger partial charge in [-0.05, 0) is 0 Å². The van der Waals surface area contributed by atoms with E-state index in [4.69, 9.17) is 10.7 Å². The molecule has 0 aliphatic carbocycles. The molecule has 2 atom stereocenters. The topological polar surface area (TPSA) is 52.1 Å². The fraction of sp³-hybridized carbons (Fsp3) is 0.714. The predicted octanol–water partition coefficient (Wildman–Crippen LogP) is -0.936. The van der Waals surface area contributed by atoms with Crippen LogP contribution in [-0.4, -0.2) is 25.8 Å². The van der Waals surface area contributed by atoms with Crippen LogP contribution < -0.4 is 4.90 Å². The van der Waals surface area contributed by atoms with Crippen molar-refractivity contribution in [1.82, 2.24) is 0 Å². The molecule has 0 bridgehead atoms. The second kappa shape index (κ2) is 2.80. The average Bonchev–Trinajstić information content (AvgIpc) is 1.94. The molecule has 0 aromatic carbocycles. The quantitative estimate of drug-likeness (QED) is 0.446. The van der Waals surface area contributed by atoms with E-state index in [-0.39, 0.29) is 5.92 Å². The number of nitriles is 1. The van der Waals surface area contributed by atoms with Crippen molar-refractivity contribution in [3.05, 3.63) is 0 Å². The van der Waals surface area contributed by atoms with Gasteiger partial charge >= 0.3 is 0 Å². The third-order valence-corrected chi connectivity index (χ3v) is 1.95. The lowest BCUT2D eigenvalue weighted by atomic mass is 9.98. The molecule has 0 aromatic heterocycles. The van der Waals surface area contributed by atoms with E-state index in [9.17, 15) is 0 Å². The molecule has 1 heterocycles. The fourth-order valence-electron chi connectivity index (χ4n) is 1.22. The van der Waals surface area contributed by atoms with Gasteiger partial charge in [-0.15, -0.1) is 0 Å². The minimum Gasteiger partial charge on any atom is -0.336 e. The highest BCUT2D eigenvalue weighted by molar-refractivity contribution is 5.86. The Morgan fingerprint density at radius 1 is 1.80 bits per heavy atom. The highest BCUT2D eigenvalue weighted by Crippen LogP contribution is 2.00. The third-order valence-electron chi connectivity index (χ3n) is 1.95. The lowest BCUT2D eigenvalue weighted by molar-refractivity contribution is -0.882. The van der Waals surface area contributed by atoms with Gasteiger partial charge in [0.15, 0.2) is 0 Å². The van der Waals surface area contributed by atoms with Gasteiger partial charge in [-0.3, -0.25) is 0 Å². The van der Waals surface area contributed by atoms with E-state index in [0.717, 1.165) is 19.5 Å². The summed E-state index contributed by atoms with van der Waals surface area (Å²) in [5.74, 6) is -0.117. The largest absolute Gasteiger partial charge is 0.336 e. The zero-order chi connectivity index (χ0) is 7.56. The molecule has 0 radical (unpaired) electrons. The molecule has 1 aliphatic heterocycles. The van der Waals surface area contributed by atoms with Gasteiger partial charge in [0.1, 0.15) is 5.92 Å². The number of quaternary nitrogens is 1. The van der Waals surface area contributed by atoms with Crippen LogP contribution in [0.1, 0.15) is 6.42 Å². The van der Waals surface area contributed by atoms with Crippen LogP contribution in [0.25, 0.3) is 0 Å². The molecule has 1 fully saturated rings. The first-order valence-corrected chi connectivity index (χ1v) is 3.52. The summed E-state index contributed by atoms with van der Waals surface area (Å²) in [6.45, 7) is 1.83. The molecule has 0 spiro atoms. The molecule has 1 rings (SSSR count). The molecule has 0 amide bonds. The van der Waals surface area contributed by atoms with Gasteiger partial charge in [-0.25, -0.2) is 0 Å². The smallest absolute Gasteiger partial charge is 0.133 e. The van der Waals surface area contributed by atoms with Gasteiger partial charge in [-0.1, -0.05) is 0 Å². The van der Waals surface area contributed by atoms with Crippen LogP contribution in [0.2, 0.25) is 0 Å². The number of rotatable bonds is 0. The molecule has 3 nitrogen and oxygen atoms in total. The average molecular weight is 138 g/mol. The Morgan fingerprint density at radius 3 is 3.00 bits per heavy atom. The number of hydrogen-bond acceptors (Lipinski definition) is 2. The highest BCUT2D eigenvalue weighted by Gasteiger charge is 2.24. The Labute approximate surface area is 60.8 Å². The summed E-state index contributed by atoms with van der Waals surface area (Å²) in [6.07, 6.45) is 0.796. The molecule has 2 N–H and O–H groups in total. The van der Waals surface area contributed by atoms with Crippen molar-refractivity contribution >= 4 is 5.71 Å². The van der Waals surface area contributed by atoms with Crippen molar-refractivity contribution in [2.45, 2.75) is 6.42 Å². The van der Waals surface area contributed by atoms with E-state index in [1.54, 1.807) is 0 Å². The zero-order valence-electron chi connectivity index (χ0n) is 6.15. The van der Waals surface area contributed by atoms with Crippen LogP contribution in [0.3, 0.4) is 0 Å². The van der Waals surface area contributed by atoms with E-state index in [2.05, 4.69) is 13.1 Å². The predicted molar refractivity (Wildman–Crippen MR) is 38.1 cm³/mol. The lowest BCUT2D eigenvalue weighted by Crippen LogP contribution is -3.11. The summed E-state index contributed by atoms with van der Waals surface area (Å²) in [5, 5.41) is 16.0. The Balaban J connectivity index is 2.56. The normalized spacial score (nSPS) is 33.4. The van der Waals surface area contributed by atoms with E-state index in [0.29, 0.717) is 5.71 Å². The molecule has 2 unspecified atom stereocenters. The van der Waals surface area contributed by atoms with Crippen LogP contribution in [0.4, 0.5) is 0 Å². The van der Waals surface area contributed by atoms with Crippen molar-refractivity contribution < 1.29 is 4.90 Å². The maximum atomic E-state index is 8.58. The van der Waals surface area contributed by atoms with Gasteiger partial charge in [0.05, 0.1) is 26.2 Å². The summed E-state index contributed by atoms with van der Waals surface area (Å²) >= 11 is 0. The molecule has 1 aliphatic rings. The first-order chi connectivity index (χ1) is 4.74. The first kappa shape index (κ1) is 7.23. The molecular formula is C7H12N3+. The van der Waals surface area contributed by atoms with Gasteiger partial charge in [0.2, 0.25) is 0 Å². The summed E-state index contributed by atoms with van der Waals surface area (Å²) in [5.41, 5.74) is 0.619. The molecule has 3 heteroatoms. The first-order valence-electron chi connectivity index (χ1n) is 3.52. The summed E-state index contributed by atoms with van der Waals surface area (Å²) < 4.78 is 0. The van der Waals surface area contributed by atoms with Crippen molar-refractivity contribution in [2.24, 2.45) is 5.92 Å². The number of nitrogens with one attached hydrogen (secondary N) is 2. The number of hydrogen-bond donors (Lipinski definition) is 2. The summed E-state index contributed by atoms with van der Waals surface area (Å²) in [7, 11) is 2.07. The molecule has 1 saturated heterocycles. The summed E-state index contributed by atoms with van der Waals surface area (Å²) in [4.78, 5) is 1.36. The number of piperidine rings is 1. The van der Waals surface area contributed by atoms with Crippen molar-refractivity contribution in [3.63, 3.8) is 0 Å². The Morgan fingerprint density at radius 2 is 2.50 bits per heavy atom. The number of nitrogens with zero attached hydrogens (tertiary/aromatic N) is 1. The second-order valence-electron chi connectivity index (χ2n) is 2.87. The van der Waals surface area contributed by atoms with E-state index in [1.807, 2.05) is 0 Å². The van der Waals surface area contributed by atoms with Crippen LogP contribution in [0, 0.1) is 22.7 Å².